The second kappa shape index (κ2) is 7.26. The van der Waals surface area contributed by atoms with Gasteiger partial charge in [0.2, 0.25) is 0 Å². The van der Waals surface area contributed by atoms with Gasteiger partial charge in [0.15, 0.2) is 12.4 Å². The van der Waals surface area contributed by atoms with Gasteiger partial charge in [-0.25, -0.2) is 4.79 Å². The van der Waals surface area contributed by atoms with E-state index in [2.05, 4.69) is 0 Å². The lowest BCUT2D eigenvalue weighted by molar-refractivity contribution is -0.384. The van der Waals surface area contributed by atoms with Crippen LogP contribution in [0.5, 0.6) is 5.75 Å². The Hall–Kier alpha value is -3.48. The third-order valence-corrected chi connectivity index (χ3v) is 4.94. The predicted octanol–water partition coefficient (Wildman–Crippen LogP) is 3.84. The molecule has 0 saturated carbocycles. The van der Waals surface area contributed by atoms with Crippen LogP contribution in [0.2, 0.25) is 0 Å². The van der Waals surface area contributed by atoms with Gasteiger partial charge in [0.25, 0.3) is 5.69 Å². The highest BCUT2D eigenvalue weighted by atomic mass is 16.6. The smallest absolute Gasteiger partial charge is 0.339 e. The quantitative estimate of drug-likeness (QED) is 0.289. The van der Waals surface area contributed by atoms with Gasteiger partial charge >= 0.3 is 5.63 Å². The highest BCUT2D eigenvalue weighted by Gasteiger charge is 2.18. The molecule has 3 aromatic rings. The van der Waals surface area contributed by atoms with E-state index in [4.69, 9.17) is 9.15 Å². The number of aryl methyl sites for hydroxylation is 1. The summed E-state index contributed by atoms with van der Waals surface area (Å²) in [5.74, 6) is 0.0147. The summed E-state index contributed by atoms with van der Waals surface area (Å²) in [6, 6.07) is 10.7. The van der Waals surface area contributed by atoms with Gasteiger partial charge in [0.05, 0.1) is 4.92 Å². The van der Waals surface area contributed by atoms with E-state index in [1.54, 1.807) is 12.1 Å². The molecule has 0 N–H and O–H groups in total. The Bertz CT molecular complexity index is 1150. The van der Waals surface area contributed by atoms with Gasteiger partial charge in [-0.3, -0.25) is 14.9 Å². The molecule has 0 bridgehead atoms. The van der Waals surface area contributed by atoms with Crippen LogP contribution < -0.4 is 10.4 Å². The van der Waals surface area contributed by atoms with Crippen molar-refractivity contribution in [1.29, 1.82) is 0 Å². The van der Waals surface area contributed by atoms with Crippen molar-refractivity contribution in [2.45, 2.75) is 25.7 Å². The number of carbonyl (C=O) groups is 1. The predicted molar refractivity (Wildman–Crippen MR) is 102 cm³/mol. The summed E-state index contributed by atoms with van der Waals surface area (Å²) in [4.78, 5) is 34.8. The number of hydrogen-bond donors (Lipinski definition) is 0. The summed E-state index contributed by atoms with van der Waals surface area (Å²) in [6.07, 6.45) is 3.62. The minimum atomic E-state index is -0.552. The average molecular weight is 379 g/mol. The number of hydrogen-bond acceptors (Lipinski definition) is 6. The zero-order chi connectivity index (χ0) is 19.7. The lowest BCUT2D eigenvalue weighted by Crippen LogP contribution is -2.16. The Morgan fingerprint density at radius 2 is 1.89 bits per heavy atom. The second-order valence-electron chi connectivity index (χ2n) is 6.73. The zero-order valence-corrected chi connectivity index (χ0v) is 15.0. The Labute approximate surface area is 159 Å². The number of benzene rings is 2. The molecule has 1 aromatic heterocycles. The van der Waals surface area contributed by atoms with E-state index in [9.17, 15) is 19.7 Å². The monoisotopic (exact) mass is 379 g/mol. The normalized spacial score (nSPS) is 13.1. The van der Waals surface area contributed by atoms with Crippen LogP contribution in [0.25, 0.3) is 11.0 Å². The van der Waals surface area contributed by atoms with E-state index in [1.807, 2.05) is 6.07 Å². The number of Topliss-reactive ketones (excluding diaryl/α,β-unsaturated/α-hetero) is 1. The number of rotatable bonds is 5. The maximum absolute atomic E-state index is 12.3. The van der Waals surface area contributed by atoms with E-state index in [-0.39, 0.29) is 29.3 Å². The molecular formula is C21H17NO6. The number of nitro groups is 1. The molecule has 1 heterocycles. The summed E-state index contributed by atoms with van der Waals surface area (Å²) in [5.41, 5.74) is 1.97. The molecule has 7 heteroatoms. The molecular weight excluding hydrogens is 362 g/mol. The zero-order valence-electron chi connectivity index (χ0n) is 15.0. The average Bonchev–Trinajstić information content (AvgIpc) is 2.72. The molecule has 0 aliphatic heterocycles. The number of nitro benzene ring substituents is 1. The van der Waals surface area contributed by atoms with Gasteiger partial charge in [0.1, 0.15) is 11.3 Å². The van der Waals surface area contributed by atoms with Crippen LogP contribution in [0, 0.1) is 10.1 Å². The van der Waals surface area contributed by atoms with Crippen molar-refractivity contribution in [3.8, 4) is 5.75 Å². The Kier molecular flexibility index (Phi) is 4.65. The van der Waals surface area contributed by atoms with Crippen molar-refractivity contribution in [2.24, 2.45) is 0 Å². The Morgan fingerprint density at radius 1 is 1.11 bits per heavy atom. The molecule has 1 aliphatic carbocycles. The van der Waals surface area contributed by atoms with Gasteiger partial charge in [-0.1, -0.05) is 12.1 Å². The van der Waals surface area contributed by atoms with E-state index < -0.39 is 4.92 Å². The van der Waals surface area contributed by atoms with E-state index in [0.717, 1.165) is 42.2 Å². The Balaban J connectivity index is 1.55. The van der Waals surface area contributed by atoms with Crippen molar-refractivity contribution in [2.75, 3.05) is 6.61 Å². The number of nitrogens with zero attached hydrogens (tertiary/aromatic N) is 1. The summed E-state index contributed by atoms with van der Waals surface area (Å²) in [7, 11) is 0. The third kappa shape index (κ3) is 3.38. The fraction of sp³-hybridized carbons (Fsp3) is 0.238. The first-order chi connectivity index (χ1) is 13.5. The molecule has 0 unspecified atom stereocenters. The topological polar surface area (TPSA) is 99.7 Å². The molecule has 0 fully saturated rings. The standard InChI is InChI=1S/C21H17NO6/c23-19(13-4-3-5-14(10-13)22(25)26)12-27-15-8-9-17-16-6-1-2-7-18(16)21(24)28-20(17)11-15/h3-5,8-11H,1-2,6-7,12H2. The van der Waals surface area contributed by atoms with Crippen LogP contribution in [-0.2, 0) is 12.8 Å². The summed E-state index contributed by atoms with van der Waals surface area (Å²) >= 11 is 0. The van der Waals surface area contributed by atoms with Crippen LogP contribution in [0.15, 0.2) is 51.7 Å². The van der Waals surface area contributed by atoms with Crippen LogP contribution in [0.4, 0.5) is 5.69 Å². The van der Waals surface area contributed by atoms with Crippen molar-refractivity contribution < 1.29 is 18.9 Å². The SMILES string of the molecule is O=C(COc1ccc2c3c(c(=O)oc2c1)CCCC3)c1cccc([N+](=O)[O-])c1. The Morgan fingerprint density at radius 3 is 2.68 bits per heavy atom. The van der Waals surface area contributed by atoms with E-state index in [1.165, 1.54) is 24.3 Å². The fourth-order valence-corrected chi connectivity index (χ4v) is 3.54. The molecule has 7 nitrogen and oxygen atoms in total. The number of carbonyl (C=O) groups excluding carboxylic acids is 1. The second-order valence-corrected chi connectivity index (χ2v) is 6.73. The maximum atomic E-state index is 12.3. The highest BCUT2D eigenvalue weighted by Crippen LogP contribution is 2.29. The molecule has 0 spiro atoms. The first kappa shape index (κ1) is 17.9. The van der Waals surface area contributed by atoms with Crippen molar-refractivity contribution in [3.05, 3.63) is 79.7 Å². The summed E-state index contributed by atoms with van der Waals surface area (Å²) in [5, 5.41) is 11.7. The summed E-state index contributed by atoms with van der Waals surface area (Å²) in [6.45, 7) is -0.276. The molecule has 28 heavy (non-hydrogen) atoms. The van der Waals surface area contributed by atoms with Gasteiger partial charge in [-0.2, -0.15) is 0 Å². The fourth-order valence-electron chi connectivity index (χ4n) is 3.54. The van der Waals surface area contributed by atoms with Gasteiger partial charge < -0.3 is 9.15 Å². The first-order valence-electron chi connectivity index (χ1n) is 9.02. The molecule has 4 rings (SSSR count). The van der Waals surface area contributed by atoms with Gasteiger partial charge in [-0.05, 0) is 43.4 Å². The van der Waals surface area contributed by atoms with Crippen LogP contribution >= 0.6 is 0 Å². The van der Waals surface area contributed by atoms with Crippen molar-refractivity contribution in [1.82, 2.24) is 0 Å². The minimum absolute atomic E-state index is 0.150. The van der Waals surface area contributed by atoms with Gasteiger partial charge in [-0.15, -0.1) is 0 Å². The number of non-ortho nitro benzene ring substituents is 1. The number of fused-ring (bicyclic) bond motifs is 3. The molecule has 1 aliphatic rings. The van der Waals surface area contributed by atoms with E-state index >= 15 is 0 Å². The van der Waals surface area contributed by atoms with Crippen LogP contribution in [0.3, 0.4) is 0 Å². The van der Waals surface area contributed by atoms with Crippen molar-refractivity contribution in [3.63, 3.8) is 0 Å². The van der Waals surface area contributed by atoms with Crippen LogP contribution in [-0.4, -0.2) is 17.3 Å². The van der Waals surface area contributed by atoms with Crippen LogP contribution in [0.1, 0.15) is 34.3 Å². The lowest BCUT2D eigenvalue weighted by Gasteiger charge is -2.16. The molecule has 0 saturated heterocycles. The van der Waals surface area contributed by atoms with Crippen molar-refractivity contribution >= 4 is 22.4 Å². The summed E-state index contributed by atoms with van der Waals surface area (Å²) < 4.78 is 11.0. The molecule has 142 valence electrons. The molecule has 0 atom stereocenters. The highest BCUT2D eigenvalue weighted by molar-refractivity contribution is 5.97. The van der Waals surface area contributed by atoms with E-state index in [0.29, 0.717) is 11.3 Å². The molecule has 2 aromatic carbocycles. The van der Waals surface area contributed by atoms with Gasteiger partial charge in [0, 0.05) is 34.7 Å². The lowest BCUT2D eigenvalue weighted by atomic mass is 9.91. The largest absolute Gasteiger partial charge is 0.485 e. The number of ether oxygens (including phenoxy) is 1. The molecule has 0 radical (unpaired) electrons. The third-order valence-electron chi connectivity index (χ3n) is 4.94. The first-order valence-corrected chi connectivity index (χ1v) is 9.02. The molecule has 0 amide bonds. The minimum Gasteiger partial charge on any atom is -0.485 e. The number of ketones is 1. The maximum Gasteiger partial charge on any atom is 0.339 e.